The summed E-state index contributed by atoms with van der Waals surface area (Å²) >= 11 is 1.71. The van der Waals surface area contributed by atoms with E-state index in [0.29, 0.717) is 17.4 Å². The van der Waals surface area contributed by atoms with Crippen molar-refractivity contribution < 1.29 is 31.5 Å². The lowest BCUT2D eigenvalue weighted by Gasteiger charge is -2.45. The Morgan fingerprint density at radius 3 is 2.47 bits per heavy atom. The summed E-state index contributed by atoms with van der Waals surface area (Å²) in [5, 5.41) is -0.124. The van der Waals surface area contributed by atoms with Crippen molar-refractivity contribution in [2.75, 3.05) is 43.2 Å². The molecule has 6 rings (SSSR count). The normalized spacial score (nSPS) is 20.3. The summed E-state index contributed by atoms with van der Waals surface area (Å²) < 4.78 is 82.0. The molecule has 2 aliphatic heterocycles. The number of hydrogen-bond donors (Lipinski definition) is 1. The Kier molecular flexibility index (Phi) is 7.80. The summed E-state index contributed by atoms with van der Waals surface area (Å²) in [6.45, 7) is 7.53. The molecule has 0 bridgehead atoms. The van der Waals surface area contributed by atoms with Gasteiger partial charge < -0.3 is 20.3 Å². The number of rotatable bonds is 5. The number of amides is 1. The molecule has 2 aromatic heterocycles. The highest BCUT2D eigenvalue weighted by atomic mass is 32.2. The maximum absolute atomic E-state index is 15.7. The van der Waals surface area contributed by atoms with Crippen molar-refractivity contribution >= 4 is 61.1 Å². The lowest BCUT2D eigenvalue weighted by molar-refractivity contribution is -0.137. The number of nitrogens with zero attached hydrogens (tertiary/aromatic N) is 5. The number of ether oxygens (including phenoxy) is 1. The van der Waals surface area contributed by atoms with E-state index in [2.05, 4.69) is 16.5 Å². The molecule has 2 aliphatic rings. The molecule has 2 aromatic carbocycles. The number of alkyl halides is 3. The van der Waals surface area contributed by atoms with Crippen LogP contribution in [-0.4, -0.2) is 70.0 Å². The van der Waals surface area contributed by atoms with Crippen LogP contribution in [-0.2, 0) is 15.7 Å². The first kappa shape index (κ1) is 31.2. The minimum atomic E-state index is -5.01. The van der Waals surface area contributed by atoms with E-state index >= 15 is 17.6 Å². The number of aromatic nitrogens is 3. The van der Waals surface area contributed by atoms with E-state index < -0.39 is 46.2 Å². The molecule has 0 aliphatic carbocycles. The Hall–Kier alpha value is -3.76. The predicted octanol–water partition coefficient (Wildman–Crippen LogP) is 5.46. The standard InChI is InChI=1S/C29H27F5N6O3S2/c1-5-19(41)39-12(2)8-38(9-13(39)3)26-15-6-16(29(32,33)34)20(21-17(30)7-18(31)24-22(21)36-27(35)45-24)25-23(15)40(28(42)37-26)14(10-43-4)11-44-25/h5-7,12-14H,1,8-11H2,2-4H3,(H2,35,36)/t12-,13+,14-/m0/s1. The van der Waals surface area contributed by atoms with Gasteiger partial charge in [0.25, 0.3) is 0 Å². The van der Waals surface area contributed by atoms with Crippen molar-refractivity contribution in [3.05, 3.63) is 52.5 Å². The van der Waals surface area contributed by atoms with Gasteiger partial charge in [-0.05, 0) is 26.0 Å². The number of fused-ring (bicyclic) bond motifs is 1. The number of carbonyl (C=O) groups excluding carboxylic acids is 1. The van der Waals surface area contributed by atoms with Gasteiger partial charge in [0, 0.05) is 65.5 Å². The van der Waals surface area contributed by atoms with Gasteiger partial charge in [0.2, 0.25) is 5.91 Å². The fourth-order valence-corrected chi connectivity index (χ4v) is 8.48. The van der Waals surface area contributed by atoms with Crippen LogP contribution in [0.1, 0.15) is 25.5 Å². The number of nitrogens with two attached hydrogens (primary N) is 1. The molecule has 1 fully saturated rings. The minimum absolute atomic E-state index is 0.00949. The molecule has 0 saturated carbocycles. The highest BCUT2D eigenvalue weighted by molar-refractivity contribution is 7.99. The zero-order valence-electron chi connectivity index (χ0n) is 24.2. The van der Waals surface area contributed by atoms with Gasteiger partial charge in [-0.2, -0.15) is 18.2 Å². The maximum atomic E-state index is 15.7. The Balaban J connectivity index is 1.71. The van der Waals surface area contributed by atoms with Crippen LogP contribution in [0.25, 0.3) is 32.2 Å². The van der Waals surface area contributed by atoms with E-state index in [1.54, 1.807) is 23.6 Å². The van der Waals surface area contributed by atoms with E-state index in [0.717, 1.165) is 17.8 Å². The van der Waals surface area contributed by atoms with Crippen molar-refractivity contribution in [3.63, 3.8) is 0 Å². The first-order chi connectivity index (χ1) is 21.3. The SMILES string of the molecule is C=CC(=O)N1[C@H](C)CN(c2nc(=O)n3c4c(c(-c5c(F)cc(F)c6sc(N)nc56)c(C(F)(F)F)cc24)SC[C@@H]3COC)C[C@@H]1C. The molecule has 3 atom stereocenters. The minimum Gasteiger partial charge on any atom is -0.383 e. The molecule has 1 amide bonds. The van der Waals surface area contributed by atoms with Gasteiger partial charge in [-0.25, -0.2) is 18.6 Å². The van der Waals surface area contributed by atoms with Crippen LogP contribution in [0.4, 0.5) is 32.9 Å². The van der Waals surface area contributed by atoms with Crippen LogP contribution in [0.15, 0.2) is 34.5 Å². The van der Waals surface area contributed by atoms with Crippen molar-refractivity contribution in [1.82, 2.24) is 19.4 Å². The third-order valence-electron chi connectivity index (χ3n) is 8.08. The van der Waals surface area contributed by atoms with Gasteiger partial charge in [-0.1, -0.05) is 17.9 Å². The summed E-state index contributed by atoms with van der Waals surface area (Å²) in [4.78, 5) is 37.9. The molecule has 1 saturated heterocycles. The summed E-state index contributed by atoms with van der Waals surface area (Å²) in [6.07, 6.45) is -3.81. The number of thioether (sulfide) groups is 1. The average Bonchev–Trinajstić information content (AvgIpc) is 3.36. The number of thiazole rings is 1. The number of carbonyl (C=O) groups is 1. The van der Waals surface area contributed by atoms with Crippen molar-refractivity contribution in [2.24, 2.45) is 0 Å². The molecular weight excluding hydrogens is 639 g/mol. The monoisotopic (exact) mass is 666 g/mol. The largest absolute Gasteiger partial charge is 0.417 e. The molecular formula is C29H27F5N6O3S2. The molecule has 0 spiro atoms. The number of benzene rings is 2. The lowest BCUT2D eigenvalue weighted by Crippen LogP contribution is -2.58. The predicted molar refractivity (Wildman–Crippen MR) is 164 cm³/mol. The first-order valence-electron chi connectivity index (χ1n) is 13.8. The number of nitrogen functional groups attached to an aromatic ring is 1. The van der Waals surface area contributed by atoms with Crippen molar-refractivity contribution in [3.8, 4) is 11.1 Å². The van der Waals surface area contributed by atoms with Gasteiger partial charge in [0.1, 0.15) is 17.5 Å². The van der Waals surface area contributed by atoms with E-state index in [-0.39, 0.29) is 80.4 Å². The Morgan fingerprint density at radius 1 is 1.16 bits per heavy atom. The Morgan fingerprint density at radius 2 is 1.84 bits per heavy atom. The van der Waals surface area contributed by atoms with Crippen LogP contribution < -0.4 is 16.3 Å². The van der Waals surface area contributed by atoms with Crippen molar-refractivity contribution in [1.29, 1.82) is 0 Å². The van der Waals surface area contributed by atoms with E-state index in [1.807, 2.05) is 0 Å². The third kappa shape index (κ3) is 5.02. The van der Waals surface area contributed by atoms with Gasteiger partial charge in [0.05, 0.1) is 33.9 Å². The van der Waals surface area contributed by atoms with E-state index in [9.17, 15) is 14.0 Å². The number of hydrogen-bond acceptors (Lipinski definition) is 9. The quantitative estimate of drug-likeness (QED) is 0.221. The third-order valence-corrected chi connectivity index (χ3v) is 10.2. The number of methoxy groups -OCH3 is 1. The second-order valence-corrected chi connectivity index (χ2v) is 13.1. The van der Waals surface area contributed by atoms with Crippen LogP contribution in [0.3, 0.4) is 0 Å². The second kappa shape index (κ2) is 11.2. The van der Waals surface area contributed by atoms with Gasteiger partial charge in [-0.15, -0.1) is 11.8 Å². The number of anilines is 2. The van der Waals surface area contributed by atoms with E-state index in [1.165, 1.54) is 17.8 Å². The fraction of sp³-hybridized carbons (Fsp3) is 0.379. The highest BCUT2D eigenvalue weighted by Crippen LogP contribution is 2.52. The summed E-state index contributed by atoms with van der Waals surface area (Å²) in [5.41, 5.74) is 2.54. The summed E-state index contributed by atoms with van der Waals surface area (Å²) in [7, 11) is 1.44. The number of halogens is 5. The maximum Gasteiger partial charge on any atom is 0.417 e. The molecule has 4 aromatic rings. The zero-order valence-corrected chi connectivity index (χ0v) is 25.9. The molecule has 0 unspecified atom stereocenters. The summed E-state index contributed by atoms with van der Waals surface area (Å²) in [6, 6.07) is 0.00920. The molecule has 45 heavy (non-hydrogen) atoms. The topological polar surface area (TPSA) is 107 Å². The average molecular weight is 667 g/mol. The fourth-order valence-electron chi connectivity index (χ4n) is 6.42. The van der Waals surface area contributed by atoms with E-state index in [4.69, 9.17) is 10.5 Å². The van der Waals surface area contributed by atoms with Gasteiger partial charge in [0.15, 0.2) is 5.13 Å². The molecule has 16 heteroatoms. The van der Waals surface area contributed by atoms with Crippen molar-refractivity contribution in [2.45, 2.75) is 43.0 Å². The molecule has 2 N–H and O–H groups in total. The number of piperazine rings is 1. The van der Waals surface area contributed by atoms with Gasteiger partial charge >= 0.3 is 11.9 Å². The second-order valence-electron chi connectivity index (χ2n) is 11.0. The highest BCUT2D eigenvalue weighted by Gasteiger charge is 2.42. The Bertz CT molecular complexity index is 1930. The molecule has 4 heterocycles. The zero-order chi connectivity index (χ0) is 32.5. The molecule has 9 nitrogen and oxygen atoms in total. The van der Waals surface area contributed by atoms with Gasteiger partial charge in [-0.3, -0.25) is 9.36 Å². The molecule has 238 valence electrons. The van der Waals surface area contributed by atoms with Crippen LogP contribution in [0.2, 0.25) is 0 Å². The molecule has 0 radical (unpaired) electrons. The van der Waals surface area contributed by atoms with Crippen LogP contribution in [0.5, 0.6) is 0 Å². The first-order valence-corrected chi connectivity index (χ1v) is 15.6. The smallest absolute Gasteiger partial charge is 0.383 e. The van der Waals surface area contributed by atoms with Crippen LogP contribution in [0, 0.1) is 11.6 Å². The Labute approximate surface area is 261 Å². The lowest BCUT2D eigenvalue weighted by atomic mass is 9.94. The van der Waals surface area contributed by atoms with Crippen LogP contribution >= 0.6 is 23.1 Å². The summed E-state index contributed by atoms with van der Waals surface area (Å²) in [5.74, 6) is -2.42.